The smallest absolute Gasteiger partial charge is 0.198 e. The Kier molecular flexibility index (Phi) is 5.85. The lowest BCUT2D eigenvalue weighted by Gasteiger charge is -2.26. The number of aromatic amines is 1. The monoisotopic (exact) mass is 483 g/mol. The van der Waals surface area contributed by atoms with Crippen LogP contribution in [0.15, 0.2) is 47.8 Å². The van der Waals surface area contributed by atoms with Gasteiger partial charge in [0.05, 0.1) is 30.4 Å². The van der Waals surface area contributed by atoms with Crippen molar-refractivity contribution in [3.8, 4) is 22.6 Å². The standard InChI is InChI=1S/C24H20F3N5O3/c1-13-4-15(8-31-32-13)16-9-29-23-21(16)19(2-3-28-23)35-22-17(25)5-14(6-18(22)26)7-20-30-10-24(27,11-33)12-34-20/h2-6,8-9,33H,7,10-12H2,1H3,(H,28,29). The maximum Gasteiger partial charge on any atom is 0.198 e. The number of aliphatic imine (C=N–C) groups is 1. The van der Waals surface area contributed by atoms with E-state index >= 15 is 0 Å². The van der Waals surface area contributed by atoms with Gasteiger partial charge in [-0.2, -0.15) is 10.2 Å². The zero-order valence-electron chi connectivity index (χ0n) is 18.6. The molecule has 0 amide bonds. The average molecular weight is 483 g/mol. The molecule has 1 aliphatic rings. The molecule has 5 rings (SSSR count). The number of aryl methyl sites for hydroxylation is 1. The first-order chi connectivity index (χ1) is 16.8. The summed E-state index contributed by atoms with van der Waals surface area (Å²) in [6.07, 6.45) is 4.72. The van der Waals surface area contributed by atoms with Gasteiger partial charge in [-0.25, -0.2) is 18.2 Å². The van der Waals surface area contributed by atoms with E-state index in [1.54, 1.807) is 19.3 Å². The summed E-state index contributed by atoms with van der Waals surface area (Å²) in [4.78, 5) is 11.2. The molecule has 0 bridgehead atoms. The molecule has 0 fully saturated rings. The fraction of sp³-hybridized carbons (Fsp3) is 0.250. The highest BCUT2D eigenvalue weighted by atomic mass is 19.1. The van der Waals surface area contributed by atoms with Crippen molar-refractivity contribution in [1.29, 1.82) is 0 Å². The summed E-state index contributed by atoms with van der Waals surface area (Å²) < 4.78 is 54.8. The molecule has 35 heavy (non-hydrogen) atoms. The number of hydrogen-bond donors (Lipinski definition) is 2. The van der Waals surface area contributed by atoms with Crippen LogP contribution >= 0.6 is 0 Å². The van der Waals surface area contributed by atoms with Crippen LogP contribution in [0.4, 0.5) is 13.2 Å². The Bertz CT molecular complexity index is 1420. The van der Waals surface area contributed by atoms with Crippen LogP contribution in [0.5, 0.6) is 11.5 Å². The summed E-state index contributed by atoms with van der Waals surface area (Å²) in [5, 5.41) is 17.5. The van der Waals surface area contributed by atoms with Crippen molar-refractivity contribution in [2.24, 2.45) is 4.99 Å². The molecule has 4 heterocycles. The van der Waals surface area contributed by atoms with E-state index in [2.05, 4.69) is 25.2 Å². The summed E-state index contributed by atoms with van der Waals surface area (Å²) in [5.74, 6) is -2.08. The van der Waals surface area contributed by atoms with E-state index in [0.717, 1.165) is 17.7 Å². The molecule has 0 saturated carbocycles. The number of rotatable bonds is 6. The van der Waals surface area contributed by atoms with E-state index in [4.69, 9.17) is 14.6 Å². The van der Waals surface area contributed by atoms with Gasteiger partial charge in [0.15, 0.2) is 29.0 Å². The molecule has 1 aliphatic heterocycles. The molecule has 4 aromatic rings. The number of alkyl halides is 1. The van der Waals surface area contributed by atoms with Gasteiger partial charge in [-0.05, 0) is 36.8 Å². The average Bonchev–Trinajstić information content (AvgIpc) is 3.28. The molecular formula is C24H20F3N5O3. The number of nitrogens with zero attached hydrogens (tertiary/aromatic N) is 4. The Labute approximate surface area is 197 Å². The summed E-state index contributed by atoms with van der Waals surface area (Å²) >= 11 is 0. The Morgan fingerprint density at radius 3 is 2.71 bits per heavy atom. The van der Waals surface area contributed by atoms with Crippen LogP contribution in [0.25, 0.3) is 22.2 Å². The van der Waals surface area contributed by atoms with Gasteiger partial charge < -0.3 is 19.6 Å². The molecule has 180 valence electrons. The van der Waals surface area contributed by atoms with Crippen molar-refractivity contribution in [3.05, 3.63) is 65.7 Å². The van der Waals surface area contributed by atoms with Crippen molar-refractivity contribution in [3.63, 3.8) is 0 Å². The highest BCUT2D eigenvalue weighted by Crippen LogP contribution is 2.38. The number of aliphatic hydroxyl groups excluding tert-OH is 1. The van der Waals surface area contributed by atoms with Crippen molar-refractivity contribution in [1.82, 2.24) is 20.2 Å². The van der Waals surface area contributed by atoms with Gasteiger partial charge in [0, 0.05) is 29.9 Å². The Hall–Kier alpha value is -3.99. The number of halogens is 3. The third-order valence-electron chi connectivity index (χ3n) is 5.57. The molecule has 0 saturated heterocycles. The second-order valence-electron chi connectivity index (χ2n) is 8.30. The Morgan fingerprint density at radius 1 is 1.23 bits per heavy atom. The number of aliphatic hydroxyl groups is 1. The Balaban J connectivity index is 1.44. The maximum absolute atomic E-state index is 15.0. The van der Waals surface area contributed by atoms with Crippen molar-refractivity contribution < 1.29 is 27.8 Å². The zero-order valence-corrected chi connectivity index (χ0v) is 18.6. The number of H-pyrrole nitrogens is 1. The zero-order chi connectivity index (χ0) is 24.6. The lowest BCUT2D eigenvalue weighted by molar-refractivity contribution is 0.0171. The van der Waals surface area contributed by atoms with Crippen molar-refractivity contribution in [2.75, 3.05) is 19.8 Å². The minimum Gasteiger partial charge on any atom is -0.477 e. The number of hydrogen-bond acceptors (Lipinski definition) is 7. The van der Waals surface area contributed by atoms with Crippen LogP contribution in [-0.4, -0.2) is 56.6 Å². The minimum atomic E-state index is -1.95. The molecule has 1 unspecified atom stereocenters. The van der Waals surface area contributed by atoms with Crippen LogP contribution in [-0.2, 0) is 11.2 Å². The molecule has 0 spiro atoms. The SMILES string of the molecule is Cc1cc(-c2c[nH]c3nccc(Oc4c(F)cc(CC5=NCC(F)(CO)CO5)cc4F)c23)cnn1. The molecule has 3 aromatic heterocycles. The van der Waals surface area contributed by atoms with Gasteiger partial charge in [0.1, 0.15) is 18.0 Å². The van der Waals surface area contributed by atoms with Crippen LogP contribution < -0.4 is 4.74 Å². The Morgan fingerprint density at radius 2 is 2.03 bits per heavy atom. The second kappa shape index (κ2) is 8.99. The summed E-state index contributed by atoms with van der Waals surface area (Å²) in [5.41, 5.74) is 0.902. The molecule has 8 nitrogen and oxygen atoms in total. The predicted octanol–water partition coefficient (Wildman–Crippen LogP) is 4.07. The topological polar surface area (TPSA) is 106 Å². The van der Waals surface area contributed by atoms with Crippen LogP contribution in [0.1, 0.15) is 11.3 Å². The van der Waals surface area contributed by atoms with Crippen LogP contribution in [0.3, 0.4) is 0 Å². The van der Waals surface area contributed by atoms with Gasteiger partial charge in [-0.3, -0.25) is 4.99 Å². The minimum absolute atomic E-state index is 0.0362. The van der Waals surface area contributed by atoms with E-state index < -0.39 is 29.7 Å². The first kappa shape index (κ1) is 22.8. The number of fused-ring (bicyclic) bond motifs is 1. The summed E-state index contributed by atoms with van der Waals surface area (Å²) in [6, 6.07) is 5.56. The summed E-state index contributed by atoms with van der Waals surface area (Å²) in [7, 11) is 0. The second-order valence-corrected chi connectivity index (χ2v) is 8.30. The van der Waals surface area contributed by atoms with E-state index in [1.165, 1.54) is 12.3 Å². The highest BCUT2D eigenvalue weighted by molar-refractivity contribution is 5.98. The van der Waals surface area contributed by atoms with Crippen molar-refractivity contribution in [2.45, 2.75) is 19.0 Å². The molecule has 2 N–H and O–H groups in total. The highest BCUT2D eigenvalue weighted by Gasteiger charge is 2.33. The van der Waals surface area contributed by atoms with E-state index in [9.17, 15) is 13.2 Å². The van der Waals surface area contributed by atoms with Gasteiger partial charge in [-0.1, -0.05) is 0 Å². The quantitative estimate of drug-likeness (QED) is 0.428. The maximum atomic E-state index is 15.0. The lowest BCUT2D eigenvalue weighted by Crippen LogP contribution is -2.42. The van der Waals surface area contributed by atoms with E-state index in [0.29, 0.717) is 22.3 Å². The third kappa shape index (κ3) is 4.54. The predicted molar refractivity (Wildman–Crippen MR) is 121 cm³/mol. The van der Waals surface area contributed by atoms with Gasteiger partial charge in [-0.15, -0.1) is 0 Å². The van der Waals surface area contributed by atoms with Gasteiger partial charge in [0.2, 0.25) is 0 Å². The lowest BCUT2D eigenvalue weighted by atomic mass is 10.1. The van der Waals surface area contributed by atoms with Gasteiger partial charge >= 0.3 is 0 Å². The van der Waals surface area contributed by atoms with Gasteiger partial charge in [0.25, 0.3) is 0 Å². The normalized spacial score (nSPS) is 17.8. The van der Waals surface area contributed by atoms with Crippen LogP contribution in [0, 0.1) is 18.6 Å². The fourth-order valence-electron chi connectivity index (χ4n) is 3.79. The number of ether oxygens (including phenoxy) is 2. The molecular weight excluding hydrogens is 463 g/mol. The summed E-state index contributed by atoms with van der Waals surface area (Å²) in [6.45, 7) is 0.423. The first-order valence-electron chi connectivity index (χ1n) is 10.7. The fourth-order valence-corrected chi connectivity index (χ4v) is 3.79. The molecule has 1 atom stereocenters. The van der Waals surface area contributed by atoms with Crippen LogP contribution in [0.2, 0.25) is 0 Å². The van der Waals surface area contributed by atoms with E-state index in [1.807, 2.05) is 6.07 Å². The molecule has 1 aromatic carbocycles. The molecule has 11 heteroatoms. The number of pyridine rings is 1. The first-order valence-corrected chi connectivity index (χ1v) is 10.7. The third-order valence-corrected chi connectivity index (χ3v) is 5.57. The van der Waals surface area contributed by atoms with E-state index in [-0.39, 0.29) is 36.8 Å². The molecule has 0 radical (unpaired) electrons. The van der Waals surface area contributed by atoms with Crippen molar-refractivity contribution >= 4 is 16.9 Å². The number of benzene rings is 1. The molecule has 0 aliphatic carbocycles. The number of aromatic nitrogens is 4. The number of nitrogens with one attached hydrogen (secondary N) is 1. The largest absolute Gasteiger partial charge is 0.477 e.